The quantitative estimate of drug-likeness (QED) is 0.161. The van der Waals surface area contributed by atoms with Crippen LogP contribution in [-0.2, 0) is 27.5 Å². The van der Waals surface area contributed by atoms with E-state index in [0.29, 0.717) is 17.4 Å². The van der Waals surface area contributed by atoms with E-state index in [9.17, 15) is 2.74 Å². The summed E-state index contributed by atoms with van der Waals surface area (Å²) >= 11 is 0. The summed E-state index contributed by atoms with van der Waals surface area (Å²) in [5.74, 6) is 3.35. The molecule has 0 saturated heterocycles. The Bertz CT molecular complexity index is 2860. The fraction of sp³-hybridized carbons (Fsp3) is 0.368. The molecule has 9 rings (SSSR count). The van der Waals surface area contributed by atoms with Crippen molar-refractivity contribution in [3.63, 3.8) is 0 Å². The Morgan fingerprint density at radius 3 is 2.16 bits per heavy atom. The maximum Gasteiger partial charge on any atom is 0.217 e. The fourth-order valence-corrected chi connectivity index (χ4v) is 10.1. The molecule has 0 amide bonds. The fourth-order valence-electron chi connectivity index (χ4n) is 10.1. The number of nitrogens with zero attached hydrogens (tertiary/aromatic N) is 3. The van der Waals surface area contributed by atoms with Gasteiger partial charge in [0.1, 0.15) is 17.3 Å². The Kier molecular flexibility index (Phi) is 9.48. The molecule has 0 fully saturated rings. The van der Waals surface area contributed by atoms with Crippen LogP contribution in [0.3, 0.4) is 0 Å². The van der Waals surface area contributed by atoms with Gasteiger partial charge in [-0.05, 0) is 150 Å². The van der Waals surface area contributed by atoms with E-state index in [-0.39, 0.29) is 29.1 Å². The standard InChI is InChI=1S/C57H63N3O2/c1-33(2)44-16-14-17-45(34(3)4)52(44)38-28-39(54-59-51-22-20-46-37(7)24-35(5)27-48(46)57(51,13)62-54)30-43(29-38)61-42-26-36(6)25-41(32-42)60-50-21-19-40(55(8,9)10)31-49(50)56(11,12)47-18-15-23-58-53(47)60/h14-19,21,23-34,51H,20,22H2,1-13H3/t51-,57+/m1/s1/i20D2. The Balaban J connectivity index is 1.19. The van der Waals surface area contributed by atoms with Crippen molar-refractivity contribution < 1.29 is 12.2 Å². The third-order valence-corrected chi connectivity index (χ3v) is 13.5. The van der Waals surface area contributed by atoms with Crippen LogP contribution in [0.5, 0.6) is 11.5 Å². The number of aryl methyl sites for hydroxylation is 3. The van der Waals surface area contributed by atoms with Gasteiger partial charge in [0, 0.05) is 37.1 Å². The van der Waals surface area contributed by atoms with Crippen molar-refractivity contribution in [2.24, 2.45) is 4.99 Å². The van der Waals surface area contributed by atoms with Crippen LogP contribution in [0.2, 0.25) is 0 Å². The first kappa shape index (κ1) is 39.2. The van der Waals surface area contributed by atoms with Crippen molar-refractivity contribution in [1.29, 1.82) is 0 Å². The van der Waals surface area contributed by atoms with Gasteiger partial charge in [0.15, 0.2) is 5.60 Å². The molecular weight excluding hydrogens is 759 g/mol. The van der Waals surface area contributed by atoms with E-state index in [1.54, 1.807) is 0 Å². The van der Waals surface area contributed by atoms with Gasteiger partial charge < -0.3 is 9.47 Å². The molecule has 5 heteroatoms. The molecule has 6 aromatic rings. The summed E-state index contributed by atoms with van der Waals surface area (Å²) in [5.41, 5.74) is 15.0. The molecule has 3 aliphatic rings. The molecule has 2 aliphatic heterocycles. The SMILES string of the molecule is [2H]C1([2H])C[C@H]2N=C(c3cc(Oc4cc(C)cc(N5c6ccc(C(C)(C)C)cc6C(C)(C)c6cccnc65)c4)cc(-c4c(C(C)C)cccc4C(C)C)c3)O[C@@]2(C)c2cc(C)cc(C)c21. The van der Waals surface area contributed by atoms with Gasteiger partial charge in [-0.2, -0.15) is 0 Å². The lowest BCUT2D eigenvalue weighted by Gasteiger charge is -2.41. The van der Waals surface area contributed by atoms with Crippen molar-refractivity contribution in [1.82, 2.24) is 4.98 Å². The van der Waals surface area contributed by atoms with E-state index in [2.05, 4.69) is 173 Å². The predicted octanol–water partition coefficient (Wildman–Crippen LogP) is 15.1. The van der Waals surface area contributed by atoms with Crippen LogP contribution in [0.15, 0.2) is 108 Å². The number of pyridine rings is 1. The molecule has 1 aliphatic carbocycles. The molecule has 0 saturated carbocycles. The van der Waals surface area contributed by atoms with Gasteiger partial charge in [-0.3, -0.25) is 4.90 Å². The Morgan fingerprint density at radius 1 is 0.758 bits per heavy atom. The van der Waals surface area contributed by atoms with Gasteiger partial charge >= 0.3 is 0 Å². The largest absolute Gasteiger partial charge is 0.464 e. The zero-order valence-electron chi connectivity index (χ0n) is 40.9. The molecule has 0 bridgehead atoms. The van der Waals surface area contributed by atoms with Gasteiger partial charge in [-0.1, -0.05) is 116 Å². The first-order valence-electron chi connectivity index (χ1n) is 23.4. The summed E-state index contributed by atoms with van der Waals surface area (Å²) in [4.78, 5) is 12.6. The van der Waals surface area contributed by atoms with Crippen molar-refractivity contribution in [3.05, 3.63) is 164 Å². The maximum absolute atomic E-state index is 9.22. The van der Waals surface area contributed by atoms with E-state index >= 15 is 0 Å². The summed E-state index contributed by atoms with van der Waals surface area (Å²) < 4.78 is 32.6. The number of aliphatic imine (C=N–C) groups is 1. The molecule has 3 heterocycles. The number of benzene rings is 5. The minimum absolute atomic E-state index is 0.00423. The third-order valence-electron chi connectivity index (χ3n) is 13.5. The minimum atomic E-state index is -1.55. The summed E-state index contributed by atoms with van der Waals surface area (Å²) in [7, 11) is 0. The molecule has 0 spiro atoms. The highest BCUT2D eigenvalue weighted by Crippen LogP contribution is 2.53. The summed E-state index contributed by atoms with van der Waals surface area (Å²) in [5, 5.41) is 0. The van der Waals surface area contributed by atoms with Gasteiger partial charge in [0.05, 0.1) is 17.4 Å². The van der Waals surface area contributed by atoms with Crippen LogP contribution in [0.1, 0.15) is 151 Å². The zero-order valence-corrected chi connectivity index (χ0v) is 38.9. The Morgan fingerprint density at radius 2 is 1.45 bits per heavy atom. The molecule has 1 aromatic heterocycles. The first-order chi connectivity index (χ1) is 30.1. The van der Waals surface area contributed by atoms with E-state index in [4.69, 9.17) is 19.5 Å². The van der Waals surface area contributed by atoms with Gasteiger partial charge in [-0.25, -0.2) is 9.98 Å². The maximum atomic E-state index is 9.22. The number of hydrogen-bond acceptors (Lipinski definition) is 5. The summed E-state index contributed by atoms with van der Waals surface area (Å²) in [6, 6.07) is 34.4. The molecule has 0 unspecified atom stereocenters. The van der Waals surface area contributed by atoms with Gasteiger partial charge in [0.25, 0.3) is 0 Å². The first-order valence-corrected chi connectivity index (χ1v) is 22.4. The Hall–Kier alpha value is -5.68. The second-order valence-electron chi connectivity index (χ2n) is 20.3. The van der Waals surface area contributed by atoms with Crippen molar-refractivity contribution in [2.45, 2.75) is 137 Å². The molecule has 318 valence electrons. The van der Waals surface area contributed by atoms with Crippen LogP contribution in [0, 0.1) is 20.8 Å². The minimum Gasteiger partial charge on any atom is -0.464 e. The van der Waals surface area contributed by atoms with E-state index in [1.807, 2.05) is 25.3 Å². The topological polar surface area (TPSA) is 47.0 Å². The average molecular weight is 824 g/mol. The van der Waals surface area contributed by atoms with E-state index in [1.165, 1.54) is 33.4 Å². The smallest absolute Gasteiger partial charge is 0.217 e. The summed E-state index contributed by atoms with van der Waals surface area (Å²) in [6.07, 6.45) is 0.575. The number of fused-ring (bicyclic) bond motifs is 5. The molecule has 2 atom stereocenters. The third kappa shape index (κ3) is 7.02. The lowest BCUT2D eigenvalue weighted by atomic mass is 9.72. The number of ether oxygens (including phenoxy) is 2. The van der Waals surface area contributed by atoms with E-state index in [0.717, 1.165) is 56.1 Å². The van der Waals surface area contributed by atoms with Crippen molar-refractivity contribution in [2.75, 3.05) is 4.90 Å². The predicted molar refractivity (Wildman–Crippen MR) is 258 cm³/mol. The van der Waals surface area contributed by atoms with Crippen LogP contribution in [0.4, 0.5) is 17.2 Å². The monoisotopic (exact) mass is 824 g/mol. The average Bonchev–Trinajstić information content (AvgIpc) is 3.56. The lowest BCUT2D eigenvalue weighted by molar-refractivity contribution is 0.0634. The van der Waals surface area contributed by atoms with Crippen molar-refractivity contribution >= 4 is 23.1 Å². The van der Waals surface area contributed by atoms with Crippen LogP contribution in [-0.4, -0.2) is 16.9 Å². The van der Waals surface area contributed by atoms with Gasteiger partial charge in [0.2, 0.25) is 5.90 Å². The normalized spacial score (nSPS) is 20.1. The lowest BCUT2D eigenvalue weighted by Crippen LogP contribution is -2.39. The van der Waals surface area contributed by atoms with Crippen molar-refractivity contribution in [3.8, 4) is 22.6 Å². The summed E-state index contributed by atoms with van der Waals surface area (Å²) in [6.45, 7) is 28.7. The molecule has 0 radical (unpaired) electrons. The number of anilines is 3. The highest BCUT2D eigenvalue weighted by Gasteiger charge is 2.48. The molecule has 0 N–H and O–H groups in total. The highest BCUT2D eigenvalue weighted by molar-refractivity contribution is 5.98. The zero-order chi connectivity index (χ0) is 45.8. The van der Waals surface area contributed by atoms with Crippen LogP contribution >= 0.6 is 0 Å². The number of rotatable bonds is 7. The highest BCUT2D eigenvalue weighted by atomic mass is 16.5. The second kappa shape index (κ2) is 15.0. The molecular formula is C57H63N3O2. The molecule has 5 aromatic carbocycles. The van der Waals surface area contributed by atoms with Gasteiger partial charge in [-0.15, -0.1) is 0 Å². The van der Waals surface area contributed by atoms with Crippen LogP contribution < -0.4 is 9.64 Å². The van der Waals surface area contributed by atoms with E-state index < -0.39 is 18.0 Å². The Labute approximate surface area is 373 Å². The van der Waals surface area contributed by atoms with Crippen LogP contribution in [0.25, 0.3) is 11.1 Å². The molecule has 5 nitrogen and oxygen atoms in total. The number of hydrogen-bond donors (Lipinski definition) is 0. The molecule has 62 heavy (non-hydrogen) atoms. The second-order valence-corrected chi connectivity index (χ2v) is 20.3. The number of aromatic nitrogens is 1.